The molecule has 1 unspecified atom stereocenters. The lowest BCUT2D eigenvalue weighted by atomic mass is 9.94. The van der Waals surface area contributed by atoms with E-state index in [2.05, 4.69) is 24.2 Å². The molecule has 2 rings (SSSR count). The first kappa shape index (κ1) is 6.96. The summed E-state index contributed by atoms with van der Waals surface area (Å²) in [7, 11) is 0. The normalized spacial score (nSPS) is 20.1. The van der Waals surface area contributed by atoms with Crippen LogP contribution in [0.3, 0.4) is 0 Å². The van der Waals surface area contributed by atoms with E-state index in [1.165, 1.54) is 24.8 Å². The zero-order valence-corrected chi connectivity index (χ0v) is 7.01. The van der Waals surface area contributed by atoms with Gasteiger partial charge >= 0.3 is 0 Å². The second kappa shape index (κ2) is 2.72. The molecule has 0 saturated heterocycles. The van der Waals surface area contributed by atoms with Gasteiger partial charge in [-0.25, -0.2) is 0 Å². The molecule has 1 heteroatoms. The van der Waals surface area contributed by atoms with Gasteiger partial charge in [-0.3, -0.25) is 0 Å². The molecule has 1 aliphatic rings. The van der Waals surface area contributed by atoms with Crippen molar-refractivity contribution in [3.8, 4) is 0 Å². The Kier molecular flexibility index (Phi) is 1.72. The van der Waals surface area contributed by atoms with Crippen LogP contribution in [0.25, 0.3) is 0 Å². The maximum atomic E-state index is 3.13. The number of aromatic amines is 1. The van der Waals surface area contributed by atoms with Gasteiger partial charge in [0, 0.05) is 12.4 Å². The van der Waals surface area contributed by atoms with E-state index in [0.717, 1.165) is 11.8 Å². The molecule has 11 heavy (non-hydrogen) atoms. The summed E-state index contributed by atoms with van der Waals surface area (Å²) in [5.41, 5.74) is 1.51. The Balaban J connectivity index is 2.11. The van der Waals surface area contributed by atoms with Crippen LogP contribution in [0.15, 0.2) is 18.5 Å². The van der Waals surface area contributed by atoms with E-state index in [9.17, 15) is 0 Å². The Morgan fingerprint density at radius 2 is 2.45 bits per heavy atom. The van der Waals surface area contributed by atoms with Crippen LogP contribution in [0.1, 0.15) is 37.7 Å². The van der Waals surface area contributed by atoms with Crippen molar-refractivity contribution in [3.05, 3.63) is 24.0 Å². The third kappa shape index (κ3) is 1.32. The molecule has 0 aromatic carbocycles. The average molecular weight is 149 g/mol. The number of H-pyrrole nitrogens is 1. The predicted octanol–water partition coefficient (Wildman–Crippen LogP) is 2.92. The highest BCUT2D eigenvalue weighted by Crippen LogP contribution is 2.44. The zero-order valence-electron chi connectivity index (χ0n) is 7.01. The number of hydrogen-bond donors (Lipinski definition) is 1. The van der Waals surface area contributed by atoms with Crippen LogP contribution in [0.5, 0.6) is 0 Å². The van der Waals surface area contributed by atoms with Gasteiger partial charge in [-0.1, -0.05) is 6.92 Å². The fourth-order valence-electron chi connectivity index (χ4n) is 1.91. The molecule has 0 bridgehead atoms. The van der Waals surface area contributed by atoms with Gasteiger partial charge in [-0.05, 0) is 42.7 Å². The molecule has 0 radical (unpaired) electrons. The van der Waals surface area contributed by atoms with Gasteiger partial charge in [-0.15, -0.1) is 0 Å². The van der Waals surface area contributed by atoms with Crippen LogP contribution in [0.2, 0.25) is 0 Å². The van der Waals surface area contributed by atoms with E-state index in [0.29, 0.717) is 0 Å². The van der Waals surface area contributed by atoms with E-state index >= 15 is 0 Å². The third-order valence-corrected chi connectivity index (χ3v) is 2.68. The fraction of sp³-hybridized carbons (Fsp3) is 0.600. The van der Waals surface area contributed by atoms with Gasteiger partial charge in [-0.2, -0.15) is 0 Å². The van der Waals surface area contributed by atoms with Gasteiger partial charge in [0.1, 0.15) is 0 Å². The minimum absolute atomic E-state index is 0.834. The molecular weight excluding hydrogens is 134 g/mol. The van der Waals surface area contributed by atoms with Crippen molar-refractivity contribution < 1.29 is 0 Å². The highest BCUT2D eigenvalue weighted by atomic mass is 14.6. The third-order valence-electron chi connectivity index (χ3n) is 2.68. The quantitative estimate of drug-likeness (QED) is 0.680. The van der Waals surface area contributed by atoms with Gasteiger partial charge in [0.05, 0.1) is 0 Å². The summed E-state index contributed by atoms with van der Waals surface area (Å²) in [5, 5.41) is 0. The molecule has 1 fully saturated rings. The highest BCUT2D eigenvalue weighted by molar-refractivity contribution is 5.17. The Labute approximate surface area is 67.8 Å². The molecule has 60 valence electrons. The molecule has 0 spiro atoms. The predicted molar refractivity (Wildman–Crippen MR) is 46.5 cm³/mol. The van der Waals surface area contributed by atoms with Crippen molar-refractivity contribution in [1.29, 1.82) is 0 Å². The Morgan fingerprint density at radius 3 is 2.91 bits per heavy atom. The summed E-state index contributed by atoms with van der Waals surface area (Å²) >= 11 is 0. The van der Waals surface area contributed by atoms with Crippen molar-refractivity contribution in [3.63, 3.8) is 0 Å². The summed E-state index contributed by atoms with van der Waals surface area (Å²) < 4.78 is 0. The Hall–Kier alpha value is -0.720. The van der Waals surface area contributed by atoms with Crippen molar-refractivity contribution in [2.45, 2.75) is 32.1 Å². The minimum Gasteiger partial charge on any atom is -0.367 e. The second-order valence-corrected chi connectivity index (χ2v) is 3.50. The van der Waals surface area contributed by atoms with Gasteiger partial charge in [0.25, 0.3) is 0 Å². The summed E-state index contributed by atoms with van der Waals surface area (Å²) in [6.45, 7) is 2.29. The largest absolute Gasteiger partial charge is 0.367 e. The molecule has 1 saturated carbocycles. The maximum Gasteiger partial charge on any atom is 0.00402 e. The molecule has 0 aliphatic heterocycles. The van der Waals surface area contributed by atoms with E-state index in [1.807, 2.05) is 6.20 Å². The van der Waals surface area contributed by atoms with Gasteiger partial charge < -0.3 is 4.98 Å². The SMILES string of the molecule is CCC(c1cc[nH]c1)C1CC1. The van der Waals surface area contributed by atoms with Crippen molar-refractivity contribution in [1.82, 2.24) is 4.98 Å². The number of rotatable bonds is 3. The standard InChI is InChI=1S/C10H15N/c1-2-10(8-3-4-8)9-5-6-11-7-9/h5-8,10-11H,2-4H2,1H3. The second-order valence-electron chi connectivity index (χ2n) is 3.50. The molecule has 0 amide bonds. The van der Waals surface area contributed by atoms with Crippen molar-refractivity contribution in [2.75, 3.05) is 0 Å². The maximum absolute atomic E-state index is 3.13. The summed E-state index contributed by atoms with van der Waals surface area (Å²) in [6, 6.07) is 2.21. The first-order valence-corrected chi connectivity index (χ1v) is 4.54. The van der Waals surface area contributed by atoms with Gasteiger partial charge in [0.2, 0.25) is 0 Å². The topological polar surface area (TPSA) is 15.8 Å². The summed E-state index contributed by atoms with van der Waals surface area (Å²) in [5.74, 6) is 1.83. The molecule has 1 heterocycles. The summed E-state index contributed by atoms with van der Waals surface area (Å²) in [6.07, 6.45) is 8.36. The van der Waals surface area contributed by atoms with Crippen molar-refractivity contribution >= 4 is 0 Å². The molecule has 1 aliphatic carbocycles. The highest BCUT2D eigenvalue weighted by Gasteiger charge is 2.30. The monoisotopic (exact) mass is 149 g/mol. The smallest absolute Gasteiger partial charge is 0.00402 e. The van der Waals surface area contributed by atoms with E-state index < -0.39 is 0 Å². The molecule has 1 nitrogen and oxygen atoms in total. The lowest BCUT2D eigenvalue weighted by Crippen LogP contribution is -1.97. The molecule has 1 aromatic heterocycles. The van der Waals surface area contributed by atoms with Crippen LogP contribution in [-0.2, 0) is 0 Å². The summed E-state index contributed by atoms with van der Waals surface area (Å²) in [4.78, 5) is 3.13. The fourth-order valence-corrected chi connectivity index (χ4v) is 1.91. The van der Waals surface area contributed by atoms with Gasteiger partial charge in [0.15, 0.2) is 0 Å². The number of hydrogen-bond acceptors (Lipinski definition) is 0. The molecular formula is C10H15N. The lowest BCUT2D eigenvalue weighted by molar-refractivity contribution is 0.587. The van der Waals surface area contributed by atoms with Crippen LogP contribution in [-0.4, -0.2) is 4.98 Å². The van der Waals surface area contributed by atoms with E-state index in [-0.39, 0.29) is 0 Å². The van der Waals surface area contributed by atoms with Crippen LogP contribution < -0.4 is 0 Å². The molecule has 1 atom stereocenters. The minimum atomic E-state index is 0.834. The number of nitrogens with one attached hydrogen (secondary N) is 1. The number of aromatic nitrogens is 1. The zero-order chi connectivity index (χ0) is 7.68. The first-order valence-electron chi connectivity index (χ1n) is 4.54. The van der Waals surface area contributed by atoms with Crippen molar-refractivity contribution in [2.24, 2.45) is 5.92 Å². The Morgan fingerprint density at radius 1 is 1.64 bits per heavy atom. The molecule has 1 N–H and O–H groups in total. The van der Waals surface area contributed by atoms with Crippen LogP contribution in [0.4, 0.5) is 0 Å². The van der Waals surface area contributed by atoms with E-state index in [1.54, 1.807) is 0 Å². The molecule has 1 aromatic rings. The van der Waals surface area contributed by atoms with Crippen LogP contribution >= 0.6 is 0 Å². The first-order chi connectivity index (χ1) is 5.42. The van der Waals surface area contributed by atoms with E-state index in [4.69, 9.17) is 0 Å². The lowest BCUT2D eigenvalue weighted by Gasteiger charge is -2.10. The van der Waals surface area contributed by atoms with Crippen LogP contribution in [0, 0.1) is 5.92 Å². The Bertz CT molecular complexity index is 209. The average Bonchev–Trinajstić information content (AvgIpc) is 2.68.